The SMILES string of the molecule is Cc1c(-c2onc(C3=C(Cl)CCC(C)C3)c2C(=O)OC2CC2)cnn1[C@H]1C[C@H](C)C1. The van der Waals surface area contributed by atoms with Crippen LogP contribution in [-0.2, 0) is 4.74 Å². The Morgan fingerprint density at radius 1 is 1.23 bits per heavy atom. The van der Waals surface area contributed by atoms with E-state index < -0.39 is 0 Å². The van der Waals surface area contributed by atoms with Gasteiger partial charge in [0.05, 0.1) is 17.8 Å². The number of esters is 1. The molecule has 3 aliphatic rings. The van der Waals surface area contributed by atoms with Crippen LogP contribution >= 0.6 is 11.6 Å². The Labute approximate surface area is 181 Å². The molecular formula is C23H28ClN3O3. The summed E-state index contributed by atoms with van der Waals surface area (Å²) in [5, 5.41) is 9.71. The van der Waals surface area contributed by atoms with Crippen molar-refractivity contribution in [3.05, 3.63) is 28.2 Å². The van der Waals surface area contributed by atoms with Crippen molar-refractivity contribution in [3.63, 3.8) is 0 Å². The van der Waals surface area contributed by atoms with Gasteiger partial charge >= 0.3 is 5.97 Å². The zero-order valence-corrected chi connectivity index (χ0v) is 18.5. The van der Waals surface area contributed by atoms with Gasteiger partial charge < -0.3 is 9.26 Å². The normalized spacial score (nSPS) is 26.6. The predicted molar refractivity (Wildman–Crippen MR) is 114 cm³/mol. The molecule has 0 spiro atoms. The number of hydrogen-bond acceptors (Lipinski definition) is 5. The van der Waals surface area contributed by atoms with E-state index in [2.05, 4.69) is 28.8 Å². The molecule has 0 aliphatic heterocycles. The smallest absolute Gasteiger partial charge is 0.344 e. The number of nitrogens with zero attached hydrogens (tertiary/aromatic N) is 3. The van der Waals surface area contributed by atoms with Gasteiger partial charge in [-0.25, -0.2) is 4.79 Å². The third kappa shape index (κ3) is 3.49. The summed E-state index contributed by atoms with van der Waals surface area (Å²) >= 11 is 6.58. The van der Waals surface area contributed by atoms with E-state index in [4.69, 9.17) is 20.9 Å². The Kier molecular flexibility index (Phi) is 5.00. The van der Waals surface area contributed by atoms with Gasteiger partial charge in [-0.1, -0.05) is 30.6 Å². The zero-order valence-electron chi connectivity index (χ0n) is 17.8. The number of aromatic nitrogens is 3. The maximum atomic E-state index is 13.1. The van der Waals surface area contributed by atoms with Gasteiger partial charge in [0.2, 0.25) is 0 Å². The van der Waals surface area contributed by atoms with Crippen molar-refractivity contribution >= 4 is 23.1 Å². The minimum atomic E-state index is -0.372. The Morgan fingerprint density at radius 2 is 2.00 bits per heavy atom. The van der Waals surface area contributed by atoms with E-state index in [0.29, 0.717) is 29.0 Å². The molecule has 2 aromatic rings. The van der Waals surface area contributed by atoms with Crippen molar-refractivity contribution in [1.82, 2.24) is 14.9 Å². The van der Waals surface area contributed by atoms with Crippen LogP contribution in [0.3, 0.4) is 0 Å². The third-order valence-corrected chi connectivity index (χ3v) is 7.12. The average molecular weight is 430 g/mol. The number of carbonyl (C=O) groups is 1. The molecule has 0 radical (unpaired) electrons. The topological polar surface area (TPSA) is 70.2 Å². The van der Waals surface area contributed by atoms with Crippen molar-refractivity contribution < 1.29 is 14.1 Å². The average Bonchev–Trinajstić information content (AvgIpc) is 3.27. The second-order valence-corrected chi connectivity index (χ2v) is 9.85. The summed E-state index contributed by atoms with van der Waals surface area (Å²) in [7, 11) is 0. The molecule has 7 heteroatoms. The molecule has 2 fully saturated rings. The van der Waals surface area contributed by atoms with Crippen LogP contribution in [0.25, 0.3) is 16.9 Å². The number of carbonyl (C=O) groups excluding carboxylic acids is 1. The number of rotatable bonds is 5. The van der Waals surface area contributed by atoms with Crippen LogP contribution < -0.4 is 0 Å². The number of allylic oxidation sites excluding steroid dienone is 2. The molecule has 1 atom stereocenters. The fraction of sp³-hybridized carbons (Fsp3) is 0.609. The molecule has 0 amide bonds. The molecule has 2 saturated carbocycles. The fourth-order valence-electron chi connectivity index (χ4n) is 4.65. The molecule has 0 bridgehead atoms. The maximum Gasteiger partial charge on any atom is 0.344 e. The fourth-order valence-corrected chi connectivity index (χ4v) is 4.93. The summed E-state index contributed by atoms with van der Waals surface area (Å²) in [5.41, 5.74) is 3.64. The Bertz CT molecular complexity index is 1010. The number of hydrogen-bond donors (Lipinski definition) is 0. The van der Waals surface area contributed by atoms with Crippen LogP contribution in [0, 0.1) is 18.8 Å². The molecule has 2 heterocycles. The van der Waals surface area contributed by atoms with E-state index in [1.54, 1.807) is 6.20 Å². The van der Waals surface area contributed by atoms with E-state index in [0.717, 1.165) is 72.7 Å². The second kappa shape index (κ2) is 7.56. The van der Waals surface area contributed by atoms with Crippen molar-refractivity contribution in [2.45, 2.75) is 77.9 Å². The van der Waals surface area contributed by atoms with E-state index >= 15 is 0 Å². The van der Waals surface area contributed by atoms with E-state index in [1.165, 1.54) is 0 Å². The lowest BCUT2D eigenvalue weighted by atomic mass is 9.82. The summed E-state index contributed by atoms with van der Waals surface area (Å²) in [6, 6.07) is 0.411. The Hall–Kier alpha value is -2.08. The van der Waals surface area contributed by atoms with Crippen LogP contribution in [0.4, 0.5) is 0 Å². The highest BCUT2D eigenvalue weighted by Crippen LogP contribution is 2.43. The number of halogens is 1. The first kappa shape index (κ1) is 19.9. The minimum absolute atomic E-state index is 0.00288. The Balaban J connectivity index is 1.57. The molecule has 160 valence electrons. The number of ether oxygens (including phenoxy) is 1. The summed E-state index contributed by atoms with van der Waals surface area (Å²) < 4.78 is 13.5. The first-order chi connectivity index (χ1) is 14.4. The molecule has 2 aromatic heterocycles. The molecule has 30 heavy (non-hydrogen) atoms. The van der Waals surface area contributed by atoms with Gasteiger partial charge in [-0.3, -0.25) is 4.68 Å². The van der Waals surface area contributed by atoms with Gasteiger partial charge in [-0.15, -0.1) is 0 Å². The molecule has 0 aromatic carbocycles. The van der Waals surface area contributed by atoms with Crippen LogP contribution in [0.5, 0.6) is 0 Å². The van der Waals surface area contributed by atoms with Crippen molar-refractivity contribution in [2.75, 3.05) is 0 Å². The highest BCUT2D eigenvalue weighted by Gasteiger charge is 2.36. The highest BCUT2D eigenvalue weighted by molar-refractivity contribution is 6.33. The summed E-state index contributed by atoms with van der Waals surface area (Å²) in [6.45, 7) is 6.48. The molecule has 0 saturated heterocycles. The predicted octanol–water partition coefficient (Wildman–Crippen LogP) is 5.91. The largest absolute Gasteiger partial charge is 0.459 e. The standard InChI is InChI=1S/C23H28ClN3O3/c1-12-4-7-19(24)17(10-12)21-20(23(28)29-16-5-6-16)22(30-26-21)18-11-25-27(14(18)3)15-8-13(2)9-15/h11-13,15-16H,4-10H2,1-3H3/t12?,13-,15-. The zero-order chi connectivity index (χ0) is 21.0. The van der Waals surface area contributed by atoms with Crippen molar-refractivity contribution in [1.29, 1.82) is 0 Å². The van der Waals surface area contributed by atoms with Crippen LogP contribution in [0.1, 0.15) is 86.6 Å². The lowest BCUT2D eigenvalue weighted by molar-refractivity contribution is 0.0472. The summed E-state index contributed by atoms with van der Waals surface area (Å²) in [4.78, 5) is 13.1. The molecule has 6 nitrogen and oxygen atoms in total. The maximum absolute atomic E-state index is 13.1. The lowest BCUT2D eigenvalue weighted by Crippen LogP contribution is -2.26. The van der Waals surface area contributed by atoms with E-state index in [-0.39, 0.29) is 12.1 Å². The molecule has 1 unspecified atom stereocenters. The molecule has 5 rings (SSSR count). The van der Waals surface area contributed by atoms with Crippen LogP contribution in [-0.4, -0.2) is 27.0 Å². The van der Waals surface area contributed by atoms with Crippen LogP contribution in [0.15, 0.2) is 15.8 Å². The highest BCUT2D eigenvalue weighted by atomic mass is 35.5. The van der Waals surface area contributed by atoms with Crippen LogP contribution in [0.2, 0.25) is 0 Å². The summed E-state index contributed by atoms with van der Waals surface area (Å²) in [6.07, 6.45) is 8.50. The molecule has 3 aliphatic carbocycles. The Morgan fingerprint density at radius 3 is 2.70 bits per heavy atom. The lowest BCUT2D eigenvalue weighted by Gasteiger charge is -2.33. The summed E-state index contributed by atoms with van der Waals surface area (Å²) in [5.74, 6) is 1.29. The van der Waals surface area contributed by atoms with E-state index in [1.807, 2.05) is 6.92 Å². The monoisotopic (exact) mass is 429 g/mol. The molecular weight excluding hydrogens is 402 g/mol. The van der Waals surface area contributed by atoms with Gasteiger partial charge in [0, 0.05) is 10.7 Å². The van der Waals surface area contributed by atoms with Crippen molar-refractivity contribution in [3.8, 4) is 11.3 Å². The second-order valence-electron chi connectivity index (χ2n) is 9.39. The van der Waals surface area contributed by atoms with Crippen molar-refractivity contribution in [2.24, 2.45) is 11.8 Å². The minimum Gasteiger partial charge on any atom is -0.459 e. The van der Waals surface area contributed by atoms with Gasteiger partial charge in [-0.05, 0) is 69.3 Å². The first-order valence-electron chi connectivity index (χ1n) is 11.0. The van der Waals surface area contributed by atoms with Gasteiger partial charge in [0.15, 0.2) is 5.76 Å². The van der Waals surface area contributed by atoms with Gasteiger partial charge in [0.1, 0.15) is 17.4 Å². The van der Waals surface area contributed by atoms with Gasteiger partial charge in [0.25, 0.3) is 0 Å². The van der Waals surface area contributed by atoms with E-state index in [9.17, 15) is 4.79 Å². The first-order valence-corrected chi connectivity index (χ1v) is 11.4. The molecule has 0 N–H and O–H groups in total. The third-order valence-electron chi connectivity index (χ3n) is 6.70. The van der Waals surface area contributed by atoms with Gasteiger partial charge in [-0.2, -0.15) is 5.10 Å². The quantitative estimate of drug-likeness (QED) is 0.553.